The summed E-state index contributed by atoms with van der Waals surface area (Å²) in [5.74, 6) is -0.730. The first-order chi connectivity index (χ1) is 14.8. The van der Waals surface area contributed by atoms with Gasteiger partial charge in [-0.15, -0.1) is 10.2 Å². The number of nitrogens with zero attached hydrogens (tertiary/aromatic N) is 4. The molecular weight excluding hydrogens is 433 g/mol. The Bertz CT molecular complexity index is 1290. The molecule has 6 nitrogen and oxygen atoms in total. The van der Waals surface area contributed by atoms with Crippen LogP contribution in [0.25, 0.3) is 28.1 Å². The van der Waals surface area contributed by atoms with E-state index in [0.717, 1.165) is 17.5 Å². The van der Waals surface area contributed by atoms with Crippen molar-refractivity contribution >= 4 is 28.5 Å². The molecule has 0 aliphatic heterocycles. The maximum absolute atomic E-state index is 13.1. The van der Waals surface area contributed by atoms with Crippen LogP contribution in [0.3, 0.4) is 0 Å². The van der Waals surface area contributed by atoms with Crippen molar-refractivity contribution in [1.29, 1.82) is 0 Å². The molecule has 0 radical (unpaired) electrons. The summed E-state index contributed by atoms with van der Waals surface area (Å²) in [5, 5.41) is 9.12. The van der Waals surface area contributed by atoms with Crippen LogP contribution >= 0.6 is 11.6 Å². The molecule has 0 atom stereocenters. The summed E-state index contributed by atoms with van der Waals surface area (Å²) >= 11 is 6.04. The van der Waals surface area contributed by atoms with Gasteiger partial charge in [-0.25, -0.2) is 9.78 Å². The molecule has 31 heavy (non-hydrogen) atoms. The molecule has 158 valence electrons. The van der Waals surface area contributed by atoms with Gasteiger partial charge in [0.1, 0.15) is 0 Å². The number of hydrogen-bond donors (Lipinski definition) is 0. The highest BCUT2D eigenvalue weighted by atomic mass is 35.5. The highest BCUT2D eigenvalue weighted by Crippen LogP contribution is 2.32. The van der Waals surface area contributed by atoms with Crippen LogP contribution in [0.2, 0.25) is 5.02 Å². The minimum Gasteiger partial charge on any atom is -0.461 e. The average molecular weight is 447 g/mol. The first-order valence-corrected chi connectivity index (χ1v) is 9.52. The number of rotatable bonds is 4. The lowest BCUT2D eigenvalue weighted by Gasteiger charge is -2.12. The molecule has 0 spiro atoms. The number of halogens is 4. The van der Waals surface area contributed by atoms with Crippen LogP contribution in [0.15, 0.2) is 54.7 Å². The Morgan fingerprint density at radius 3 is 2.68 bits per heavy atom. The number of ether oxygens (including phenoxy) is 1. The molecule has 0 fully saturated rings. The van der Waals surface area contributed by atoms with Crippen molar-refractivity contribution in [2.45, 2.75) is 13.1 Å². The minimum atomic E-state index is -4.52. The first kappa shape index (κ1) is 20.8. The minimum absolute atomic E-state index is 0.0649. The van der Waals surface area contributed by atoms with Gasteiger partial charge in [-0.2, -0.15) is 13.2 Å². The second-order valence-corrected chi connectivity index (χ2v) is 6.93. The fourth-order valence-electron chi connectivity index (χ4n) is 3.07. The quantitative estimate of drug-likeness (QED) is 0.396. The van der Waals surface area contributed by atoms with E-state index < -0.39 is 17.7 Å². The van der Waals surface area contributed by atoms with Crippen LogP contribution in [0.1, 0.15) is 23.0 Å². The summed E-state index contributed by atoms with van der Waals surface area (Å²) in [4.78, 5) is 16.8. The third kappa shape index (κ3) is 4.09. The summed E-state index contributed by atoms with van der Waals surface area (Å²) in [7, 11) is 0. The smallest absolute Gasteiger partial charge is 0.416 e. The second kappa shape index (κ2) is 7.99. The largest absolute Gasteiger partial charge is 0.461 e. The van der Waals surface area contributed by atoms with Crippen molar-refractivity contribution in [3.05, 3.63) is 71.0 Å². The Morgan fingerprint density at radius 1 is 1.13 bits per heavy atom. The lowest BCUT2D eigenvalue weighted by molar-refractivity contribution is -0.137. The molecule has 0 aliphatic rings. The average Bonchev–Trinajstić information content (AvgIpc) is 3.16. The van der Waals surface area contributed by atoms with E-state index in [-0.39, 0.29) is 29.5 Å². The molecule has 0 aliphatic carbocycles. The fourth-order valence-corrected chi connectivity index (χ4v) is 3.25. The number of benzene rings is 2. The first-order valence-electron chi connectivity index (χ1n) is 9.14. The normalized spacial score (nSPS) is 11.6. The zero-order valence-electron chi connectivity index (χ0n) is 16.0. The molecule has 2 aromatic heterocycles. The number of aromatic nitrogens is 4. The van der Waals surface area contributed by atoms with E-state index in [2.05, 4.69) is 15.2 Å². The Labute approximate surface area is 179 Å². The van der Waals surface area contributed by atoms with Gasteiger partial charge in [0.15, 0.2) is 11.6 Å². The van der Waals surface area contributed by atoms with Gasteiger partial charge in [0.2, 0.25) is 5.69 Å². The number of carbonyl (C=O) groups is 1. The summed E-state index contributed by atoms with van der Waals surface area (Å²) < 4.78 is 46.0. The number of fused-ring (bicyclic) bond motifs is 1. The van der Waals surface area contributed by atoms with Crippen LogP contribution in [0, 0.1) is 0 Å². The highest BCUT2D eigenvalue weighted by molar-refractivity contribution is 6.31. The van der Waals surface area contributed by atoms with E-state index >= 15 is 0 Å². The van der Waals surface area contributed by atoms with E-state index in [0.29, 0.717) is 10.5 Å². The fraction of sp³-hybridized carbons (Fsp3) is 0.143. The molecule has 2 aromatic carbocycles. The van der Waals surface area contributed by atoms with Gasteiger partial charge in [0, 0.05) is 22.2 Å². The van der Waals surface area contributed by atoms with E-state index in [1.807, 2.05) is 0 Å². The molecule has 10 heteroatoms. The number of alkyl halides is 3. The highest BCUT2D eigenvalue weighted by Gasteiger charge is 2.31. The molecule has 0 saturated carbocycles. The Balaban J connectivity index is 1.91. The van der Waals surface area contributed by atoms with Gasteiger partial charge in [0.05, 0.1) is 17.7 Å². The third-order valence-corrected chi connectivity index (χ3v) is 4.70. The second-order valence-electron chi connectivity index (χ2n) is 6.50. The lowest BCUT2D eigenvalue weighted by Crippen LogP contribution is -2.15. The topological polar surface area (TPSA) is 69.9 Å². The zero-order valence-corrected chi connectivity index (χ0v) is 16.8. The molecule has 0 saturated heterocycles. The molecule has 0 N–H and O–H groups in total. The summed E-state index contributed by atoms with van der Waals surface area (Å²) in [5.41, 5.74) is -0.223. The van der Waals surface area contributed by atoms with Crippen molar-refractivity contribution in [3.63, 3.8) is 0 Å². The van der Waals surface area contributed by atoms with Crippen LogP contribution in [0.4, 0.5) is 13.2 Å². The zero-order chi connectivity index (χ0) is 22.2. The number of carbonyl (C=O) groups excluding carboxylic acids is 1. The SMILES string of the molecule is CCOC(=O)c1nnc(-c2cccc(C(F)(F)F)c2)nc1-n1ccc2cc(Cl)ccc21. The van der Waals surface area contributed by atoms with Crippen molar-refractivity contribution < 1.29 is 22.7 Å². The molecular formula is C21H14ClF3N4O2. The van der Waals surface area contributed by atoms with Crippen molar-refractivity contribution in [2.75, 3.05) is 6.61 Å². The van der Waals surface area contributed by atoms with Crippen molar-refractivity contribution in [3.8, 4) is 17.2 Å². The third-order valence-electron chi connectivity index (χ3n) is 4.47. The van der Waals surface area contributed by atoms with E-state index in [1.165, 1.54) is 12.1 Å². The van der Waals surface area contributed by atoms with Crippen LogP contribution in [0.5, 0.6) is 0 Å². The van der Waals surface area contributed by atoms with E-state index in [9.17, 15) is 18.0 Å². The molecule has 4 aromatic rings. The summed E-state index contributed by atoms with van der Waals surface area (Å²) in [6.07, 6.45) is -2.86. The predicted molar refractivity (Wildman–Crippen MR) is 108 cm³/mol. The van der Waals surface area contributed by atoms with Crippen LogP contribution < -0.4 is 0 Å². The Kier molecular flexibility index (Phi) is 5.36. The maximum atomic E-state index is 13.1. The van der Waals surface area contributed by atoms with Crippen LogP contribution in [-0.2, 0) is 10.9 Å². The Hall–Kier alpha value is -3.46. The van der Waals surface area contributed by atoms with E-state index in [4.69, 9.17) is 16.3 Å². The predicted octanol–water partition coefficient (Wildman–Crippen LogP) is 5.33. The Morgan fingerprint density at radius 2 is 1.94 bits per heavy atom. The standard InChI is InChI=1S/C21H14ClF3N4O2/c1-2-31-20(30)17-19(29-9-8-12-11-15(22)6-7-16(12)29)26-18(28-27-17)13-4-3-5-14(10-13)21(23,24)25/h3-11H,2H2,1H3. The molecule has 0 unspecified atom stereocenters. The van der Waals surface area contributed by atoms with Gasteiger partial charge >= 0.3 is 12.1 Å². The lowest BCUT2D eigenvalue weighted by atomic mass is 10.1. The molecule has 2 heterocycles. The monoisotopic (exact) mass is 446 g/mol. The van der Waals surface area contributed by atoms with Crippen molar-refractivity contribution in [1.82, 2.24) is 19.7 Å². The van der Waals surface area contributed by atoms with Gasteiger partial charge in [-0.05, 0) is 43.3 Å². The van der Waals surface area contributed by atoms with Gasteiger partial charge < -0.3 is 4.74 Å². The van der Waals surface area contributed by atoms with Gasteiger partial charge in [0.25, 0.3) is 0 Å². The number of hydrogen-bond acceptors (Lipinski definition) is 5. The molecule has 0 bridgehead atoms. The van der Waals surface area contributed by atoms with Crippen molar-refractivity contribution in [2.24, 2.45) is 0 Å². The molecule has 4 rings (SSSR count). The van der Waals surface area contributed by atoms with E-state index in [1.54, 1.807) is 42.0 Å². The van der Waals surface area contributed by atoms with Gasteiger partial charge in [-0.3, -0.25) is 4.57 Å². The molecule has 0 amide bonds. The maximum Gasteiger partial charge on any atom is 0.416 e. The van der Waals surface area contributed by atoms with Gasteiger partial charge in [-0.1, -0.05) is 23.7 Å². The summed E-state index contributed by atoms with van der Waals surface area (Å²) in [6.45, 7) is 1.75. The summed E-state index contributed by atoms with van der Waals surface area (Å²) in [6, 6.07) is 11.5. The number of esters is 1. The van der Waals surface area contributed by atoms with Crippen LogP contribution in [-0.4, -0.2) is 32.3 Å².